The Bertz CT molecular complexity index is 470. The molecule has 1 aromatic rings. The first-order valence-corrected chi connectivity index (χ1v) is 7.31. The van der Waals surface area contributed by atoms with Crippen molar-refractivity contribution in [1.29, 1.82) is 0 Å². The highest BCUT2D eigenvalue weighted by Gasteiger charge is 2.33. The Labute approximate surface area is 114 Å². The van der Waals surface area contributed by atoms with E-state index in [9.17, 15) is 4.79 Å². The molecule has 1 aliphatic carbocycles. The molecule has 0 aromatic carbocycles. The summed E-state index contributed by atoms with van der Waals surface area (Å²) in [6.07, 6.45) is 9.11. The minimum Gasteiger partial charge on any atom is -0.342 e. The Morgan fingerprint density at radius 2 is 2.16 bits per heavy atom. The molecule has 0 spiro atoms. The second-order valence-corrected chi connectivity index (χ2v) is 5.84. The Kier molecular flexibility index (Phi) is 3.49. The zero-order chi connectivity index (χ0) is 13.2. The van der Waals surface area contributed by atoms with Gasteiger partial charge in [0.15, 0.2) is 0 Å². The van der Waals surface area contributed by atoms with Crippen LogP contribution in [0, 0.1) is 12.8 Å². The van der Waals surface area contributed by atoms with E-state index in [0.717, 1.165) is 50.0 Å². The molecule has 0 N–H and O–H groups in total. The minimum absolute atomic E-state index is 0.310. The Morgan fingerprint density at radius 1 is 1.32 bits per heavy atom. The summed E-state index contributed by atoms with van der Waals surface area (Å²) < 4.78 is 0. The van der Waals surface area contributed by atoms with E-state index >= 15 is 0 Å². The largest absolute Gasteiger partial charge is 0.342 e. The van der Waals surface area contributed by atoms with Gasteiger partial charge in [-0.15, -0.1) is 0 Å². The predicted molar refractivity (Wildman–Crippen MR) is 72.7 cm³/mol. The first kappa shape index (κ1) is 12.6. The van der Waals surface area contributed by atoms with E-state index < -0.39 is 0 Å². The highest BCUT2D eigenvalue weighted by atomic mass is 16.2. The van der Waals surface area contributed by atoms with Crippen molar-refractivity contribution in [1.82, 2.24) is 14.9 Å². The number of hydrogen-bond acceptors (Lipinski definition) is 3. The smallest absolute Gasteiger partial charge is 0.225 e. The van der Waals surface area contributed by atoms with Crippen molar-refractivity contribution in [2.24, 2.45) is 5.92 Å². The molecule has 1 aromatic heterocycles. The maximum atomic E-state index is 12.3. The van der Waals surface area contributed by atoms with Crippen LogP contribution in [0.1, 0.15) is 49.3 Å². The summed E-state index contributed by atoms with van der Waals surface area (Å²) >= 11 is 0. The van der Waals surface area contributed by atoms with Gasteiger partial charge in [0, 0.05) is 31.1 Å². The molecular formula is C15H21N3O. The molecule has 0 radical (unpaired) electrons. The number of rotatable bonds is 2. The maximum Gasteiger partial charge on any atom is 0.225 e. The van der Waals surface area contributed by atoms with Crippen LogP contribution < -0.4 is 0 Å². The molecule has 2 fully saturated rings. The van der Waals surface area contributed by atoms with Crippen molar-refractivity contribution in [3.05, 3.63) is 23.8 Å². The van der Waals surface area contributed by atoms with Crippen LogP contribution in [0.25, 0.3) is 0 Å². The summed E-state index contributed by atoms with van der Waals surface area (Å²) in [5.41, 5.74) is 2.27. The number of nitrogens with zero attached hydrogens (tertiary/aromatic N) is 3. The van der Waals surface area contributed by atoms with Gasteiger partial charge in [0.1, 0.15) is 6.33 Å². The highest BCUT2D eigenvalue weighted by molar-refractivity contribution is 5.79. The van der Waals surface area contributed by atoms with Crippen molar-refractivity contribution < 1.29 is 4.79 Å². The van der Waals surface area contributed by atoms with E-state index in [4.69, 9.17) is 0 Å². The second-order valence-electron chi connectivity index (χ2n) is 5.84. The van der Waals surface area contributed by atoms with Crippen molar-refractivity contribution in [2.45, 2.75) is 44.9 Å². The summed E-state index contributed by atoms with van der Waals surface area (Å²) in [4.78, 5) is 22.9. The van der Waals surface area contributed by atoms with E-state index in [1.54, 1.807) is 6.33 Å². The van der Waals surface area contributed by atoms with E-state index in [1.165, 1.54) is 6.42 Å². The SMILES string of the molecule is Cc1cncnc1[C@@H]1CCCN(C(=O)C2CCC2)C1. The molecule has 1 saturated heterocycles. The number of hydrogen-bond donors (Lipinski definition) is 0. The highest BCUT2D eigenvalue weighted by Crippen LogP contribution is 2.32. The van der Waals surface area contributed by atoms with Gasteiger partial charge in [-0.1, -0.05) is 6.42 Å². The van der Waals surface area contributed by atoms with Gasteiger partial charge in [0.25, 0.3) is 0 Å². The lowest BCUT2D eigenvalue weighted by molar-refractivity contribution is -0.139. The predicted octanol–water partition coefficient (Wildman–Crippen LogP) is 2.29. The van der Waals surface area contributed by atoms with Crippen LogP contribution in [0.2, 0.25) is 0 Å². The van der Waals surface area contributed by atoms with Crippen molar-refractivity contribution in [3.63, 3.8) is 0 Å². The van der Waals surface area contributed by atoms with E-state index in [-0.39, 0.29) is 0 Å². The number of likely N-dealkylation sites (tertiary alicyclic amines) is 1. The third-order valence-corrected chi connectivity index (χ3v) is 4.51. The lowest BCUT2D eigenvalue weighted by Gasteiger charge is -2.37. The molecule has 4 heteroatoms. The van der Waals surface area contributed by atoms with Gasteiger partial charge >= 0.3 is 0 Å². The van der Waals surface area contributed by atoms with Crippen LogP contribution in [0.15, 0.2) is 12.5 Å². The fraction of sp³-hybridized carbons (Fsp3) is 0.667. The molecule has 102 valence electrons. The third kappa shape index (κ3) is 2.48. The van der Waals surface area contributed by atoms with E-state index in [0.29, 0.717) is 17.7 Å². The molecule has 1 aliphatic heterocycles. The molecule has 0 bridgehead atoms. The van der Waals surface area contributed by atoms with Crippen molar-refractivity contribution in [3.8, 4) is 0 Å². The Balaban J connectivity index is 1.71. The van der Waals surface area contributed by atoms with Gasteiger partial charge in [-0.05, 0) is 38.2 Å². The number of amides is 1. The molecule has 1 saturated carbocycles. The number of aromatic nitrogens is 2. The van der Waals surface area contributed by atoms with Gasteiger partial charge in [-0.25, -0.2) is 9.97 Å². The van der Waals surface area contributed by atoms with Crippen LogP contribution in [0.3, 0.4) is 0 Å². The summed E-state index contributed by atoms with van der Waals surface area (Å²) in [5.74, 6) is 1.08. The quantitative estimate of drug-likeness (QED) is 0.818. The topological polar surface area (TPSA) is 46.1 Å². The van der Waals surface area contributed by atoms with Crippen molar-refractivity contribution in [2.75, 3.05) is 13.1 Å². The number of carbonyl (C=O) groups is 1. The Hall–Kier alpha value is -1.45. The number of piperidine rings is 1. The Morgan fingerprint density at radius 3 is 2.84 bits per heavy atom. The third-order valence-electron chi connectivity index (χ3n) is 4.51. The summed E-state index contributed by atoms with van der Waals surface area (Å²) in [7, 11) is 0. The van der Waals surface area contributed by atoms with Gasteiger partial charge in [-0.2, -0.15) is 0 Å². The fourth-order valence-electron chi connectivity index (χ4n) is 3.15. The lowest BCUT2D eigenvalue weighted by Crippen LogP contribution is -2.44. The molecule has 0 unspecified atom stereocenters. The zero-order valence-electron chi connectivity index (χ0n) is 11.5. The molecule has 2 aliphatic rings. The van der Waals surface area contributed by atoms with Crippen LogP contribution in [-0.2, 0) is 4.79 Å². The van der Waals surface area contributed by atoms with E-state index in [2.05, 4.69) is 21.8 Å². The average Bonchev–Trinajstić information content (AvgIpc) is 2.37. The monoisotopic (exact) mass is 259 g/mol. The standard InChI is InChI=1S/C15H21N3O/c1-11-8-16-10-17-14(11)13-6-3-7-18(9-13)15(19)12-4-2-5-12/h8,10,12-13H,2-7,9H2,1H3/t13-/m1/s1. The molecule has 2 heterocycles. The van der Waals surface area contributed by atoms with Crippen LogP contribution >= 0.6 is 0 Å². The van der Waals surface area contributed by atoms with Gasteiger partial charge in [0.2, 0.25) is 5.91 Å². The van der Waals surface area contributed by atoms with Gasteiger partial charge < -0.3 is 4.90 Å². The summed E-state index contributed by atoms with van der Waals surface area (Å²) in [6, 6.07) is 0. The zero-order valence-corrected chi connectivity index (χ0v) is 11.5. The van der Waals surface area contributed by atoms with E-state index in [1.807, 2.05) is 6.20 Å². The molecule has 19 heavy (non-hydrogen) atoms. The molecular weight excluding hydrogens is 238 g/mol. The number of aryl methyl sites for hydroxylation is 1. The van der Waals surface area contributed by atoms with Gasteiger partial charge in [0.05, 0.1) is 5.69 Å². The lowest BCUT2D eigenvalue weighted by atomic mass is 9.83. The fourth-order valence-corrected chi connectivity index (χ4v) is 3.15. The molecule has 1 atom stereocenters. The minimum atomic E-state index is 0.310. The summed E-state index contributed by atoms with van der Waals surface area (Å²) in [5, 5.41) is 0. The van der Waals surface area contributed by atoms with Crippen molar-refractivity contribution >= 4 is 5.91 Å². The molecule has 1 amide bonds. The van der Waals surface area contributed by atoms with Crippen LogP contribution in [0.4, 0.5) is 0 Å². The average molecular weight is 259 g/mol. The second kappa shape index (κ2) is 5.27. The van der Waals surface area contributed by atoms with Crippen LogP contribution in [-0.4, -0.2) is 33.9 Å². The molecule has 4 nitrogen and oxygen atoms in total. The van der Waals surface area contributed by atoms with Crippen LogP contribution in [0.5, 0.6) is 0 Å². The molecule has 3 rings (SSSR count). The number of carbonyl (C=O) groups excluding carboxylic acids is 1. The normalized spacial score (nSPS) is 24.1. The first-order chi connectivity index (χ1) is 9.25. The summed E-state index contributed by atoms with van der Waals surface area (Å²) in [6.45, 7) is 3.82. The van der Waals surface area contributed by atoms with Gasteiger partial charge in [-0.3, -0.25) is 4.79 Å². The first-order valence-electron chi connectivity index (χ1n) is 7.31. The maximum absolute atomic E-state index is 12.3.